The van der Waals surface area contributed by atoms with E-state index in [2.05, 4.69) is 15.3 Å². The van der Waals surface area contributed by atoms with E-state index >= 15 is 0 Å². The largest absolute Gasteiger partial charge is 0.370 e. The number of hydrogen-bond acceptors (Lipinski definition) is 6. The molecule has 23 heavy (non-hydrogen) atoms. The minimum atomic E-state index is 0.0669. The summed E-state index contributed by atoms with van der Waals surface area (Å²) in [5.74, 6) is 0.129. The van der Waals surface area contributed by atoms with Gasteiger partial charge in [0, 0.05) is 18.0 Å². The summed E-state index contributed by atoms with van der Waals surface area (Å²) in [5, 5.41) is 9.15. The monoisotopic (exact) mass is 333 g/mol. The molecule has 7 nitrogen and oxygen atoms in total. The first-order chi connectivity index (χ1) is 11.1. The highest BCUT2D eigenvalue weighted by Gasteiger charge is 2.37. The number of fused-ring (bicyclic) bond motifs is 3. The molecule has 2 aliphatic heterocycles. The molecule has 2 atom stereocenters. The van der Waals surface area contributed by atoms with Crippen LogP contribution in [0.2, 0.25) is 0 Å². The molecule has 0 bridgehead atoms. The maximum Gasteiger partial charge on any atom is 0.228 e. The minimum absolute atomic E-state index is 0.0669. The average Bonchev–Trinajstić information content (AvgIpc) is 3.13. The lowest BCUT2D eigenvalue weighted by Crippen LogP contribution is -2.50. The van der Waals surface area contributed by atoms with E-state index in [1.54, 1.807) is 17.5 Å². The Morgan fingerprint density at radius 2 is 2.35 bits per heavy atom. The number of carbonyl (C=O) groups excluding carboxylic acids is 1. The van der Waals surface area contributed by atoms with E-state index in [1.807, 2.05) is 23.4 Å². The van der Waals surface area contributed by atoms with E-state index in [0.717, 1.165) is 34.2 Å². The van der Waals surface area contributed by atoms with Gasteiger partial charge >= 0.3 is 0 Å². The molecular weight excluding hydrogens is 314 g/mol. The third kappa shape index (κ3) is 2.66. The third-order valence-corrected chi connectivity index (χ3v) is 5.53. The van der Waals surface area contributed by atoms with Gasteiger partial charge in [-0.05, 0) is 20.3 Å². The molecule has 0 aromatic carbocycles. The summed E-state index contributed by atoms with van der Waals surface area (Å²) in [6, 6.07) is 0.0669. The van der Waals surface area contributed by atoms with E-state index < -0.39 is 0 Å². The number of carbonyl (C=O) groups is 1. The number of likely N-dealkylation sites (tertiary alicyclic amines) is 1. The zero-order chi connectivity index (χ0) is 16.0. The Hall–Kier alpha value is -1.80. The molecule has 1 fully saturated rings. The van der Waals surface area contributed by atoms with Gasteiger partial charge in [-0.3, -0.25) is 4.79 Å². The molecule has 1 saturated heterocycles. The molecule has 8 heteroatoms. The Morgan fingerprint density at radius 1 is 1.48 bits per heavy atom. The lowest BCUT2D eigenvalue weighted by Gasteiger charge is -2.41. The van der Waals surface area contributed by atoms with E-state index in [9.17, 15) is 4.79 Å². The van der Waals surface area contributed by atoms with Crippen LogP contribution in [0.15, 0.2) is 6.20 Å². The van der Waals surface area contributed by atoms with E-state index in [1.165, 1.54) is 0 Å². The first kappa shape index (κ1) is 14.8. The molecule has 1 amide bonds. The van der Waals surface area contributed by atoms with Crippen molar-refractivity contribution in [3.05, 3.63) is 27.5 Å². The lowest BCUT2D eigenvalue weighted by molar-refractivity contribution is -0.137. The SMILES string of the molecule is Cc1nc(CC(=O)N2CC[C@H]3OCc4cnnn4[C@@H]3C2)c(C)s1. The summed E-state index contributed by atoms with van der Waals surface area (Å²) in [4.78, 5) is 20.2. The molecule has 0 radical (unpaired) electrons. The number of nitrogens with zero attached hydrogens (tertiary/aromatic N) is 5. The number of aryl methyl sites for hydroxylation is 2. The van der Waals surface area contributed by atoms with Crippen LogP contribution in [0.5, 0.6) is 0 Å². The highest BCUT2D eigenvalue weighted by atomic mass is 32.1. The van der Waals surface area contributed by atoms with E-state index in [0.29, 0.717) is 19.6 Å². The van der Waals surface area contributed by atoms with Gasteiger partial charge in [-0.15, -0.1) is 16.4 Å². The van der Waals surface area contributed by atoms with Gasteiger partial charge in [0.25, 0.3) is 0 Å². The fraction of sp³-hybridized carbons (Fsp3) is 0.600. The van der Waals surface area contributed by atoms with Gasteiger partial charge in [0.2, 0.25) is 5.91 Å². The van der Waals surface area contributed by atoms with Crippen LogP contribution in [0.25, 0.3) is 0 Å². The van der Waals surface area contributed by atoms with Gasteiger partial charge < -0.3 is 9.64 Å². The minimum Gasteiger partial charge on any atom is -0.370 e. The zero-order valence-electron chi connectivity index (χ0n) is 13.2. The number of hydrogen-bond donors (Lipinski definition) is 0. The van der Waals surface area contributed by atoms with Crippen LogP contribution < -0.4 is 0 Å². The number of aromatic nitrogens is 4. The first-order valence-corrected chi connectivity index (χ1v) is 8.65. The molecule has 2 aliphatic rings. The lowest BCUT2D eigenvalue weighted by atomic mass is 10.00. The van der Waals surface area contributed by atoms with Crippen LogP contribution in [-0.4, -0.2) is 50.0 Å². The molecule has 0 saturated carbocycles. The second kappa shape index (κ2) is 5.68. The Labute approximate surface area is 138 Å². The Balaban J connectivity index is 1.49. The summed E-state index contributed by atoms with van der Waals surface area (Å²) in [7, 11) is 0. The molecule has 0 N–H and O–H groups in total. The predicted molar refractivity (Wildman–Crippen MR) is 84.1 cm³/mol. The van der Waals surface area contributed by atoms with E-state index in [4.69, 9.17) is 4.74 Å². The maximum absolute atomic E-state index is 12.7. The topological polar surface area (TPSA) is 73.1 Å². The summed E-state index contributed by atoms with van der Waals surface area (Å²) in [6.45, 7) is 5.91. The van der Waals surface area contributed by atoms with Crippen LogP contribution in [0, 0.1) is 13.8 Å². The predicted octanol–water partition coefficient (Wildman–Crippen LogP) is 1.27. The summed E-state index contributed by atoms with van der Waals surface area (Å²) in [6.07, 6.45) is 3.07. The fourth-order valence-electron chi connectivity index (χ4n) is 3.40. The number of rotatable bonds is 2. The third-order valence-electron chi connectivity index (χ3n) is 4.60. The van der Waals surface area contributed by atoms with Crippen molar-refractivity contribution in [2.45, 2.75) is 45.4 Å². The van der Waals surface area contributed by atoms with Crippen LogP contribution in [0.1, 0.15) is 33.7 Å². The fourth-order valence-corrected chi connectivity index (χ4v) is 4.23. The molecule has 4 heterocycles. The van der Waals surface area contributed by atoms with Crippen LogP contribution >= 0.6 is 11.3 Å². The van der Waals surface area contributed by atoms with Crippen molar-refractivity contribution in [1.82, 2.24) is 24.9 Å². The second-order valence-corrected chi connectivity index (χ2v) is 7.54. The average molecular weight is 333 g/mol. The molecule has 2 aromatic heterocycles. The number of piperidine rings is 1. The molecule has 122 valence electrons. The van der Waals surface area contributed by atoms with Gasteiger partial charge in [0.05, 0.1) is 47.8 Å². The van der Waals surface area contributed by atoms with Crippen LogP contribution in [-0.2, 0) is 22.6 Å². The molecule has 4 rings (SSSR count). The van der Waals surface area contributed by atoms with Crippen molar-refractivity contribution in [2.75, 3.05) is 13.1 Å². The highest BCUT2D eigenvalue weighted by molar-refractivity contribution is 7.11. The van der Waals surface area contributed by atoms with Gasteiger partial charge in [-0.2, -0.15) is 0 Å². The number of amides is 1. The zero-order valence-corrected chi connectivity index (χ0v) is 14.0. The van der Waals surface area contributed by atoms with E-state index in [-0.39, 0.29) is 18.1 Å². The molecule has 0 spiro atoms. The van der Waals surface area contributed by atoms with Crippen molar-refractivity contribution in [3.8, 4) is 0 Å². The number of thiazole rings is 1. The second-order valence-electron chi connectivity index (χ2n) is 6.13. The van der Waals surface area contributed by atoms with Crippen molar-refractivity contribution >= 4 is 17.2 Å². The Kier molecular flexibility index (Phi) is 3.65. The van der Waals surface area contributed by atoms with Crippen LogP contribution in [0.3, 0.4) is 0 Å². The van der Waals surface area contributed by atoms with Gasteiger partial charge in [-0.25, -0.2) is 9.67 Å². The standard InChI is InChI=1S/C15H19N5O2S/c1-9-12(17-10(2)23-9)5-15(21)19-4-3-14-13(7-19)20-11(8-22-14)6-16-18-20/h6,13-14H,3-5,7-8H2,1-2H3/t13-,14-/m1/s1. The van der Waals surface area contributed by atoms with Crippen LogP contribution in [0.4, 0.5) is 0 Å². The molecule has 0 unspecified atom stereocenters. The quantitative estimate of drug-likeness (QED) is 0.827. The highest BCUT2D eigenvalue weighted by Crippen LogP contribution is 2.30. The summed E-state index contributed by atoms with van der Waals surface area (Å²) < 4.78 is 7.81. The normalized spacial score (nSPS) is 23.5. The van der Waals surface area contributed by atoms with Crippen molar-refractivity contribution in [3.63, 3.8) is 0 Å². The first-order valence-electron chi connectivity index (χ1n) is 7.83. The summed E-state index contributed by atoms with van der Waals surface area (Å²) in [5.41, 5.74) is 1.88. The Morgan fingerprint density at radius 3 is 3.13 bits per heavy atom. The maximum atomic E-state index is 12.7. The Bertz CT molecular complexity index is 740. The smallest absolute Gasteiger partial charge is 0.228 e. The van der Waals surface area contributed by atoms with Gasteiger partial charge in [0.15, 0.2) is 0 Å². The number of ether oxygens (including phenoxy) is 1. The molecule has 2 aromatic rings. The van der Waals surface area contributed by atoms with Gasteiger partial charge in [0.1, 0.15) is 0 Å². The van der Waals surface area contributed by atoms with Gasteiger partial charge in [-0.1, -0.05) is 5.21 Å². The van der Waals surface area contributed by atoms with Crippen molar-refractivity contribution in [1.29, 1.82) is 0 Å². The van der Waals surface area contributed by atoms with Crippen molar-refractivity contribution < 1.29 is 9.53 Å². The summed E-state index contributed by atoms with van der Waals surface area (Å²) >= 11 is 1.64. The van der Waals surface area contributed by atoms with Crippen molar-refractivity contribution in [2.24, 2.45) is 0 Å². The molecule has 0 aliphatic carbocycles. The molecular formula is C15H19N5O2S.